The standard InChI is InChI=1S/C4H16O8Si4/c1-5-13-9-14(6-2)11-16(8-4)12-15(7-3)10-13/h13-16H,1-4H3. The summed E-state index contributed by atoms with van der Waals surface area (Å²) in [6.45, 7) is 0. The molecule has 0 aromatic heterocycles. The van der Waals surface area contributed by atoms with Gasteiger partial charge in [-0.15, -0.1) is 0 Å². The average Bonchev–Trinajstić information content (AvgIpc) is 2.29. The van der Waals surface area contributed by atoms with Crippen LogP contribution in [0.25, 0.3) is 0 Å². The van der Waals surface area contributed by atoms with Crippen molar-refractivity contribution < 1.29 is 34.2 Å². The molecule has 1 aliphatic heterocycles. The highest BCUT2D eigenvalue weighted by molar-refractivity contribution is 6.67. The topological polar surface area (TPSA) is 73.8 Å². The van der Waals surface area contributed by atoms with Crippen LogP contribution in [0, 0.1) is 0 Å². The second-order valence-corrected chi connectivity index (χ2v) is 11.2. The molecule has 0 N–H and O–H groups in total. The Morgan fingerprint density at radius 2 is 0.688 bits per heavy atom. The first-order valence-corrected chi connectivity index (χ1v) is 10.1. The van der Waals surface area contributed by atoms with Gasteiger partial charge < -0.3 is 34.2 Å². The predicted molar refractivity (Wildman–Crippen MR) is 61.0 cm³/mol. The summed E-state index contributed by atoms with van der Waals surface area (Å²) in [4.78, 5) is 0. The highest BCUT2D eigenvalue weighted by atomic mass is 28.5. The molecule has 0 saturated carbocycles. The maximum absolute atomic E-state index is 5.47. The summed E-state index contributed by atoms with van der Waals surface area (Å²) >= 11 is 0. The van der Waals surface area contributed by atoms with E-state index in [4.69, 9.17) is 34.2 Å². The van der Waals surface area contributed by atoms with Crippen LogP contribution in [-0.2, 0) is 34.2 Å². The van der Waals surface area contributed by atoms with Crippen molar-refractivity contribution in [2.45, 2.75) is 0 Å². The molecule has 0 spiro atoms. The second kappa shape index (κ2) is 7.79. The Labute approximate surface area is 101 Å². The van der Waals surface area contributed by atoms with Gasteiger partial charge in [0.1, 0.15) is 0 Å². The molecule has 8 nitrogen and oxygen atoms in total. The molecule has 1 aliphatic rings. The van der Waals surface area contributed by atoms with E-state index in [0.717, 1.165) is 0 Å². The minimum Gasteiger partial charge on any atom is -0.380 e. The Morgan fingerprint density at radius 3 is 0.812 bits per heavy atom. The maximum atomic E-state index is 5.47. The van der Waals surface area contributed by atoms with Gasteiger partial charge in [0.05, 0.1) is 0 Å². The fourth-order valence-electron chi connectivity index (χ4n) is 0.936. The van der Waals surface area contributed by atoms with Gasteiger partial charge in [-0.1, -0.05) is 0 Å². The largest absolute Gasteiger partial charge is 0.468 e. The third kappa shape index (κ3) is 4.43. The van der Waals surface area contributed by atoms with E-state index in [1.807, 2.05) is 0 Å². The molecule has 0 radical (unpaired) electrons. The molecule has 1 saturated heterocycles. The van der Waals surface area contributed by atoms with E-state index in [1.54, 1.807) is 0 Å². The van der Waals surface area contributed by atoms with Gasteiger partial charge in [-0.2, -0.15) is 0 Å². The lowest BCUT2D eigenvalue weighted by atomic mass is 11.8. The molecule has 0 atom stereocenters. The summed E-state index contributed by atoms with van der Waals surface area (Å²) < 4.78 is 42.2. The monoisotopic (exact) mass is 304 g/mol. The molecule has 0 bridgehead atoms. The van der Waals surface area contributed by atoms with Crippen LogP contribution < -0.4 is 0 Å². The maximum Gasteiger partial charge on any atom is 0.468 e. The Bertz CT molecular complexity index is 149. The van der Waals surface area contributed by atoms with Gasteiger partial charge in [-0.05, 0) is 0 Å². The molecule has 0 aliphatic carbocycles. The Balaban J connectivity index is 2.61. The normalized spacial score (nSPS) is 36.8. The lowest BCUT2D eigenvalue weighted by Gasteiger charge is -2.29. The molecule has 0 aromatic carbocycles. The van der Waals surface area contributed by atoms with Gasteiger partial charge in [0, 0.05) is 28.4 Å². The van der Waals surface area contributed by atoms with Gasteiger partial charge in [-0.3, -0.25) is 0 Å². The summed E-state index contributed by atoms with van der Waals surface area (Å²) in [6.07, 6.45) is 0. The molecule has 0 unspecified atom stereocenters. The fraction of sp³-hybridized carbons (Fsp3) is 1.00. The first-order valence-electron chi connectivity index (χ1n) is 4.46. The lowest BCUT2D eigenvalue weighted by Crippen LogP contribution is -2.51. The van der Waals surface area contributed by atoms with Gasteiger partial charge in [0.25, 0.3) is 0 Å². The summed E-state index contributed by atoms with van der Waals surface area (Å²) in [5, 5.41) is 0. The zero-order valence-corrected chi connectivity index (χ0v) is 14.2. The predicted octanol–water partition coefficient (Wildman–Crippen LogP) is -2.48. The summed E-state index contributed by atoms with van der Waals surface area (Å²) in [5.41, 5.74) is 0. The van der Waals surface area contributed by atoms with Crippen molar-refractivity contribution >= 4 is 38.1 Å². The van der Waals surface area contributed by atoms with E-state index in [2.05, 4.69) is 0 Å². The molecule has 16 heavy (non-hydrogen) atoms. The fourth-order valence-corrected chi connectivity index (χ4v) is 10.7. The summed E-state index contributed by atoms with van der Waals surface area (Å²) in [5.74, 6) is 0. The quantitative estimate of drug-likeness (QED) is 0.529. The molecular formula is C4H16O8Si4. The Kier molecular flexibility index (Phi) is 7.12. The van der Waals surface area contributed by atoms with Gasteiger partial charge in [-0.25, -0.2) is 0 Å². The lowest BCUT2D eigenvalue weighted by molar-refractivity contribution is 0.0964. The first kappa shape index (κ1) is 14.6. The smallest absolute Gasteiger partial charge is 0.380 e. The van der Waals surface area contributed by atoms with Crippen LogP contribution in [0.1, 0.15) is 0 Å². The number of hydrogen-bond acceptors (Lipinski definition) is 8. The second-order valence-electron chi connectivity index (χ2n) is 2.64. The first-order chi connectivity index (χ1) is 7.73. The summed E-state index contributed by atoms with van der Waals surface area (Å²) in [6, 6.07) is 0. The molecule has 12 heteroatoms. The molecule has 1 rings (SSSR count). The van der Waals surface area contributed by atoms with Crippen molar-refractivity contribution in [2.24, 2.45) is 0 Å². The van der Waals surface area contributed by atoms with Crippen LogP contribution in [0.5, 0.6) is 0 Å². The van der Waals surface area contributed by atoms with Crippen LogP contribution in [0.15, 0.2) is 0 Å². The van der Waals surface area contributed by atoms with E-state index >= 15 is 0 Å². The third-order valence-electron chi connectivity index (χ3n) is 1.66. The van der Waals surface area contributed by atoms with Crippen molar-refractivity contribution in [3.05, 3.63) is 0 Å². The van der Waals surface area contributed by atoms with Gasteiger partial charge in [0.2, 0.25) is 0 Å². The highest BCUT2D eigenvalue weighted by Gasteiger charge is 2.37. The third-order valence-corrected chi connectivity index (χ3v) is 10.3. The minimum atomic E-state index is -2.28. The van der Waals surface area contributed by atoms with Crippen LogP contribution in [0.3, 0.4) is 0 Å². The van der Waals surface area contributed by atoms with E-state index in [1.165, 1.54) is 28.4 Å². The molecule has 0 aromatic rings. The van der Waals surface area contributed by atoms with E-state index < -0.39 is 38.1 Å². The van der Waals surface area contributed by atoms with Gasteiger partial charge >= 0.3 is 38.1 Å². The van der Waals surface area contributed by atoms with Crippen molar-refractivity contribution in [3.8, 4) is 0 Å². The van der Waals surface area contributed by atoms with E-state index in [0.29, 0.717) is 0 Å². The number of rotatable bonds is 4. The van der Waals surface area contributed by atoms with E-state index in [-0.39, 0.29) is 0 Å². The SMILES string of the molecule is CO[SiH]1O[SiH](OC)O[SiH](OC)O[SiH](OC)O1. The molecule has 0 amide bonds. The average molecular weight is 305 g/mol. The van der Waals surface area contributed by atoms with Crippen LogP contribution in [0.2, 0.25) is 0 Å². The zero-order valence-electron chi connectivity index (χ0n) is 9.58. The number of hydrogen-bond donors (Lipinski definition) is 0. The van der Waals surface area contributed by atoms with Crippen molar-refractivity contribution in [3.63, 3.8) is 0 Å². The zero-order chi connectivity index (χ0) is 12.0. The molecular weight excluding hydrogens is 288 g/mol. The highest BCUT2D eigenvalue weighted by Crippen LogP contribution is 2.08. The Morgan fingerprint density at radius 1 is 0.500 bits per heavy atom. The molecule has 1 fully saturated rings. The molecule has 1 heterocycles. The van der Waals surface area contributed by atoms with Gasteiger partial charge in [0.15, 0.2) is 0 Å². The van der Waals surface area contributed by atoms with Crippen molar-refractivity contribution in [2.75, 3.05) is 28.4 Å². The van der Waals surface area contributed by atoms with Crippen molar-refractivity contribution in [1.82, 2.24) is 0 Å². The van der Waals surface area contributed by atoms with Crippen molar-refractivity contribution in [1.29, 1.82) is 0 Å². The molecule has 96 valence electrons. The van der Waals surface area contributed by atoms with Crippen LogP contribution >= 0.6 is 0 Å². The van der Waals surface area contributed by atoms with Crippen LogP contribution in [-0.4, -0.2) is 66.5 Å². The minimum absolute atomic E-state index is 1.51. The Hall–Kier alpha value is 0.548. The summed E-state index contributed by atoms with van der Waals surface area (Å²) in [7, 11) is -3.09. The van der Waals surface area contributed by atoms with E-state index in [9.17, 15) is 0 Å². The van der Waals surface area contributed by atoms with Crippen LogP contribution in [0.4, 0.5) is 0 Å².